The molecule has 0 aromatic heterocycles. The Morgan fingerprint density at radius 2 is 2.21 bits per heavy atom. The molecular formula is C10H16O4. The maximum atomic E-state index is 11.6. The lowest BCUT2D eigenvalue weighted by Crippen LogP contribution is -2.50. The third kappa shape index (κ3) is 1.95. The van der Waals surface area contributed by atoms with Crippen LogP contribution in [-0.2, 0) is 14.3 Å². The van der Waals surface area contributed by atoms with Crippen molar-refractivity contribution in [2.24, 2.45) is 11.8 Å². The third-order valence-corrected chi connectivity index (χ3v) is 2.69. The zero-order valence-corrected chi connectivity index (χ0v) is 8.74. The normalized spacial score (nSPS) is 38.1. The van der Waals surface area contributed by atoms with Gasteiger partial charge in [0.25, 0.3) is 0 Å². The van der Waals surface area contributed by atoms with E-state index in [1.807, 2.05) is 6.92 Å². The smallest absolute Gasteiger partial charge is 0.319 e. The van der Waals surface area contributed by atoms with Gasteiger partial charge >= 0.3 is 5.97 Å². The van der Waals surface area contributed by atoms with Gasteiger partial charge in [-0.15, -0.1) is 0 Å². The van der Waals surface area contributed by atoms with Crippen LogP contribution in [-0.4, -0.2) is 29.6 Å². The number of esters is 1. The number of ether oxygens (including phenoxy) is 1. The van der Waals surface area contributed by atoms with Gasteiger partial charge in [-0.25, -0.2) is 0 Å². The average molecular weight is 200 g/mol. The fourth-order valence-electron chi connectivity index (χ4n) is 2.21. The maximum absolute atomic E-state index is 11.6. The third-order valence-electron chi connectivity index (χ3n) is 2.69. The standard InChI is InChI=1S/C10H16O4/c1-6-4-7(11)8(9(12)14-3)10(2,13)5-6/h6,8,13H,4-5H2,1-3H3. The summed E-state index contributed by atoms with van der Waals surface area (Å²) in [6, 6.07) is 0. The van der Waals surface area contributed by atoms with Crippen LogP contribution in [0.15, 0.2) is 0 Å². The second kappa shape index (κ2) is 3.69. The lowest BCUT2D eigenvalue weighted by molar-refractivity contribution is -0.164. The fraction of sp³-hybridized carbons (Fsp3) is 0.800. The van der Waals surface area contributed by atoms with E-state index in [-0.39, 0.29) is 11.7 Å². The van der Waals surface area contributed by atoms with Crippen LogP contribution in [0.1, 0.15) is 26.7 Å². The van der Waals surface area contributed by atoms with Gasteiger partial charge in [0, 0.05) is 6.42 Å². The molecular weight excluding hydrogens is 184 g/mol. The topological polar surface area (TPSA) is 63.6 Å². The molecule has 0 spiro atoms. The second-order valence-electron chi connectivity index (χ2n) is 4.29. The van der Waals surface area contributed by atoms with Crippen molar-refractivity contribution in [3.8, 4) is 0 Å². The highest BCUT2D eigenvalue weighted by atomic mass is 16.5. The summed E-state index contributed by atoms with van der Waals surface area (Å²) in [5.41, 5.74) is -1.26. The van der Waals surface area contributed by atoms with Crippen LogP contribution in [0.5, 0.6) is 0 Å². The molecule has 0 aromatic carbocycles. The molecule has 4 nitrogen and oxygen atoms in total. The Kier molecular flexibility index (Phi) is 2.95. The van der Waals surface area contributed by atoms with Crippen LogP contribution in [0, 0.1) is 11.8 Å². The highest BCUT2D eigenvalue weighted by molar-refractivity contribution is 6.00. The van der Waals surface area contributed by atoms with Crippen molar-refractivity contribution in [1.82, 2.24) is 0 Å². The van der Waals surface area contributed by atoms with Crippen molar-refractivity contribution in [1.29, 1.82) is 0 Å². The molecule has 0 aromatic rings. The summed E-state index contributed by atoms with van der Waals surface area (Å²) < 4.78 is 4.51. The van der Waals surface area contributed by atoms with Crippen LogP contribution in [0.3, 0.4) is 0 Å². The van der Waals surface area contributed by atoms with Crippen molar-refractivity contribution in [3.63, 3.8) is 0 Å². The number of aliphatic hydroxyl groups is 1. The predicted octanol–water partition coefficient (Wildman–Crippen LogP) is 0.526. The van der Waals surface area contributed by atoms with Crippen LogP contribution < -0.4 is 0 Å². The molecule has 0 aliphatic heterocycles. The number of Topliss-reactive ketones (excluding diaryl/α,β-unsaturated/α-hetero) is 1. The number of carbonyl (C=O) groups excluding carboxylic acids is 2. The number of ketones is 1. The van der Waals surface area contributed by atoms with E-state index in [9.17, 15) is 14.7 Å². The van der Waals surface area contributed by atoms with Crippen molar-refractivity contribution in [3.05, 3.63) is 0 Å². The van der Waals surface area contributed by atoms with Crippen molar-refractivity contribution in [2.75, 3.05) is 7.11 Å². The average Bonchev–Trinajstić information content (AvgIpc) is 1.99. The lowest BCUT2D eigenvalue weighted by atomic mass is 9.71. The molecule has 80 valence electrons. The molecule has 0 amide bonds. The Bertz CT molecular complexity index is 257. The largest absolute Gasteiger partial charge is 0.468 e. The van der Waals surface area contributed by atoms with E-state index in [1.165, 1.54) is 14.0 Å². The highest BCUT2D eigenvalue weighted by Gasteiger charge is 2.47. The van der Waals surface area contributed by atoms with Crippen LogP contribution in [0.25, 0.3) is 0 Å². The van der Waals surface area contributed by atoms with Gasteiger partial charge in [0.2, 0.25) is 0 Å². The number of hydrogen-bond donors (Lipinski definition) is 1. The summed E-state index contributed by atoms with van der Waals surface area (Å²) >= 11 is 0. The minimum atomic E-state index is -1.26. The second-order valence-corrected chi connectivity index (χ2v) is 4.29. The SMILES string of the molecule is COC(=O)C1C(=O)CC(C)CC1(C)O. The van der Waals surface area contributed by atoms with Gasteiger partial charge in [0.1, 0.15) is 11.7 Å². The Morgan fingerprint density at radius 1 is 1.64 bits per heavy atom. The molecule has 3 atom stereocenters. The summed E-state index contributed by atoms with van der Waals surface area (Å²) in [7, 11) is 1.23. The van der Waals surface area contributed by atoms with Gasteiger partial charge in [-0.3, -0.25) is 9.59 Å². The molecule has 3 unspecified atom stereocenters. The van der Waals surface area contributed by atoms with Gasteiger partial charge in [0.05, 0.1) is 12.7 Å². The highest BCUT2D eigenvalue weighted by Crippen LogP contribution is 2.35. The first-order valence-corrected chi connectivity index (χ1v) is 4.71. The van der Waals surface area contributed by atoms with Gasteiger partial charge in [-0.05, 0) is 19.3 Å². The van der Waals surface area contributed by atoms with E-state index in [2.05, 4.69) is 4.74 Å². The Balaban J connectivity index is 2.91. The van der Waals surface area contributed by atoms with Crippen molar-refractivity contribution in [2.45, 2.75) is 32.3 Å². The Hall–Kier alpha value is -0.900. The predicted molar refractivity (Wildman–Crippen MR) is 49.5 cm³/mol. The van der Waals surface area contributed by atoms with Gasteiger partial charge < -0.3 is 9.84 Å². The first-order chi connectivity index (χ1) is 6.38. The lowest BCUT2D eigenvalue weighted by Gasteiger charge is -2.36. The van der Waals surface area contributed by atoms with E-state index >= 15 is 0 Å². The van der Waals surface area contributed by atoms with E-state index in [4.69, 9.17) is 0 Å². The summed E-state index contributed by atoms with van der Waals surface area (Å²) in [4.78, 5) is 22.9. The van der Waals surface area contributed by atoms with Crippen molar-refractivity contribution < 1.29 is 19.4 Å². The number of methoxy groups -OCH3 is 1. The van der Waals surface area contributed by atoms with E-state index in [0.717, 1.165) is 0 Å². The molecule has 1 rings (SSSR count). The zero-order chi connectivity index (χ0) is 10.9. The minimum Gasteiger partial charge on any atom is -0.468 e. The summed E-state index contributed by atoms with van der Waals surface area (Å²) in [5.74, 6) is -1.74. The molecule has 1 N–H and O–H groups in total. The molecule has 14 heavy (non-hydrogen) atoms. The molecule has 1 aliphatic rings. The Morgan fingerprint density at radius 3 is 2.64 bits per heavy atom. The van der Waals surface area contributed by atoms with Gasteiger partial charge in [-0.2, -0.15) is 0 Å². The molecule has 1 aliphatic carbocycles. The van der Waals surface area contributed by atoms with Crippen molar-refractivity contribution >= 4 is 11.8 Å². The number of hydrogen-bond acceptors (Lipinski definition) is 4. The van der Waals surface area contributed by atoms with E-state index in [0.29, 0.717) is 12.8 Å². The maximum Gasteiger partial charge on any atom is 0.319 e. The monoisotopic (exact) mass is 200 g/mol. The first kappa shape index (κ1) is 11.2. The number of carbonyl (C=O) groups is 2. The Labute approximate surface area is 83.2 Å². The summed E-state index contributed by atoms with van der Waals surface area (Å²) in [5, 5.41) is 9.95. The fourth-order valence-corrected chi connectivity index (χ4v) is 2.21. The molecule has 0 heterocycles. The van der Waals surface area contributed by atoms with E-state index < -0.39 is 17.5 Å². The molecule has 4 heteroatoms. The summed E-state index contributed by atoms with van der Waals surface area (Å²) in [6.45, 7) is 3.40. The quantitative estimate of drug-likeness (QED) is 0.495. The first-order valence-electron chi connectivity index (χ1n) is 4.71. The van der Waals surface area contributed by atoms with Gasteiger partial charge in [0.15, 0.2) is 0 Å². The molecule has 1 saturated carbocycles. The molecule has 0 saturated heterocycles. The summed E-state index contributed by atoms with van der Waals surface area (Å²) in [6.07, 6.45) is 0.800. The molecule has 1 fully saturated rings. The minimum absolute atomic E-state index is 0.124. The molecule has 0 radical (unpaired) electrons. The van der Waals surface area contributed by atoms with Crippen LogP contribution >= 0.6 is 0 Å². The van der Waals surface area contributed by atoms with Crippen LogP contribution in [0.2, 0.25) is 0 Å². The zero-order valence-electron chi connectivity index (χ0n) is 8.74. The van der Waals surface area contributed by atoms with Crippen LogP contribution in [0.4, 0.5) is 0 Å². The molecule has 0 bridgehead atoms. The van der Waals surface area contributed by atoms with Gasteiger partial charge in [-0.1, -0.05) is 6.92 Å². The number of rotatable bonds is 1. The van der Waals surface area contributed by atoms with E-state index in [1.54, 1.807) is 0 Å².